The Kier molecular flexibility index (Phi) is 6.58. The number of nitrogens with two attached hydrogens (primary N) is 1. The second kappa shape index (κ2) is 8.25. The summed E-state index contributed by atoms with van der Waals surface area (Å²) >= 11 is 0. The van der Waals surface area contributed by atoms with Crippen LogP contribution in [0.1, 0.15) is 22.8 Å². The molecule has 102 valence electrons. The summed E-state index contributed by atoms with van der Waals surface area (Å²) in [4.78, 5) is 17.7. The normalized spacial score (nSPS) is 9.63. The third-order valence-corrected chi connectivity index (χ3v) is 2.44. The highest BCUT2D eigenvalue weighted by atomic mass is 16.5. The number of carbonyl (C=O) groups is 1. The predicted octanol–water partition coefficient (Wildman–Crippen LogP) is 0.500. The second-order valence-corrected chi connectivity index (χ2v) is 3.89. The molecule has 1 heterocycles. The van der Waals surface area contributed by atoms with Crippen molar-refractivity contribution in [1.29, 1.82) is 0 Å². The summed E-state index contributed by atoms with van der Waals surface area (Å²) in [7, 11) is 1.74. The van der Waals surface area contributed by atoms with Crippen LogP contribution in [0.3, 0.4) is 0 Å². The van der Waals surface area contributed by atoms with E-state index in [-0.39, 0.29) is 12.5 Å². The summed E-state index contributed by atoms with van der Waals surface area (Å²) < 4.78 is 5.22. The van der Waals surface area contributed by atoms with E-state index < -0.39 is 0 Å². The van der Waals surface area contributed by atoms with Crippen molar-refractivity contribution in [3.05, 3.63) is 29.6 Å². The third-order valence-electron chi connectivity index (χ3n) is 2.44. The molecule has 1 aromatic heterocycles. The van der Waals surface area contributed by atoms with Gasteiger partial charge in [0.1, 0.15) is 0 Å². The van der Waals surface area contributed by atoms with Gasteiger partial charge in [0.25, 0.3) is 5.91 Å². The van der Waals surface area contributed by atoms with Crippen molar-refractivity contribution < 1.29 is 9.53 Å². The standard InChI is InChI=1S/C14H19N3O2/c1-3-19-8-7-17(2)14(18)13-9-12(5-4-6-15)10-16-11-13/h9-11H,3,6-8,15H2,1-2H3. The van der Waals surface area contributed by atoms with Gasteiger partial charge in [0, 0.05) is 38.2 Å². The number of nitrogens with zero attached hydrogens (tertiary/aromatic N) is 2. The van der Waals surface area contributed by atoms with Crippen molar-refractivity contribution in [2.24, 2.45) is 5.73 Å². The minimum Gasteiger partial charge on any atom is -0.380 e. The number of rotatable bonds is 5. The monoisotopic (exact) mass is 261 g/mol. The minimum atomic E-state index is -0.0939. The lowest BCUT2D eigenvalue weighted by molar-refractivity contribution is 0.0709. The predicted molar refractivity (Wildman–Crippen MR) is 73.6 cm³/mol. The quantitative estimate of drug-likeness (QED) is 0.619. The Morgan fingerprint density at radius 2 is 2.32 bits per heavy atom. The molecule has 0 fully saturated rings. The van der Waals surface area contributed by atoms with Crippen molar-refractivity contribution in [2.45, 2.75) is 6.92 Å². The summed E-state index contributed by atoms with van der Waals surface area (Å²) in [6.45, 7) is 3.93. The molecule has 0 aliphatic carbocycles. The van der Waals surface area contributed by atoms with E-state index in [4.69, 9.17) is 10.5 Å². The number of carbonyl (C=O) groups excluding carboxylic acids is 1. The summed E-state index contributed by atoms with van der Waals surface area (Å²) in [5, 5.41) is 0. The molecule has 0 aromatic carbocycles. The van der Waals surface area contributed by atoms with Gasteiger partial charge in [-0.25, -0.2) is 0 Å². The molecule has 0 saturated heterocycles. The van der Waals surface area contributed by atoms with Gasteiger partial charge in [-0.15, -0.1) is 0 Å². The van der Waals surface area contributed by atoms with Crippen LogP contribution in [0.15, 0.2) is 18.5 Å². The maximum Gasteiger partial charge on any atom is 0.255 e. The van der Waals surface area contributed by atoms with Gasteiger partial charge in [-0.05, 0) is 13.0 Å². The van der Waals surface area contributed by atoms with E-state index in [0.29, 0.717) is 30.9 Å². The van der Waals surface area contributed by atoms with Crippen molar-refractivity contribution >= 4 is 5.91 Å². The highest BCUT2D eigenvalue weighted by molar-refractivity contribution is 5.94. The number of aromatic nitrogens is 1. The first kappa shape index (κ1) is 15.2. The van der Waals surface area contributed by atoms with Gasteiger partial charge in [0.2, 0.25) is 0 Å². The zero-order valence-corrected chi connectivity index (χ0v) is 11.3. The molecule has 0 saturated carbocycles. The average molecular weight is 261 g/mol. The Morgan fingerprint density at radius 1 is 1.53 bits per heavy atom. The van der Waals surface area contributed by atoms with Gasteiger partial charge < -0.3 is 15.4 Å². The lowest BCUT2D eigenvalue weighted by Gasteiger charge is -2.16. The lowest BCUT2D eigenvalue weighted by Crippen LogP contribution is -2.30. The maximum atomic E-state index is 12.1. The van der Waals surface area contributed by atoms with Crippen LogP contribution in [0.4, 0.5) is 0 Å². The molecule has 0 aliphatic heterocycles. The van der Waals surface area contributed by atoms with Crippen LogP contribution in [-0.4, -0.2) is 49.1 Å². The van der Waals surface area contributed by atoms with Crippen LogP contribution in [0, 0.1) is 11.8 Å². The zero-order valence-electron chi connectivity index (χ0n) is 11.3. The molecular formula is C14H19N3O2. The van der Waals surface area contributed by atoms with E-state index in [1.807, 2.05) is 6.92 Å². The molecule has 0 atom stereocenters. The molecule has 5 nitrogen and oxygen atoms in total. The second-order valence-electron chi connectivity index (χ2n) is 3.89. The fourth-order valence-corrected chi connectivity index (χ4v) is 1.45. The number of amides is 1. The third kappa shape index (κ3) is 5.08. The largest absolute Gasteiger partial charge is 0.380 e. The Bertz CT molecular complexity index is 477. The number of likely N-dealkylation sites (N-methyl/N-ethyl adjacent to an activating group) is 1. The van der Waals surface area contributed by atoms with Gasteiger partial charge in [-0.1, -0.05) is 11.8 Å². The molecule has 1 aromatic rings. The Morgan fingerprint density at radius 3 is 3.00 bits per heavy atom. The van der Waals surface area contributed by atoms with E-state index in [9.17, 15) is 4.79 Å². The molecule has 0 spiro atoms. The van der Waals surface area contributed by atoms with E-state index >= 15 is 0 Å². The highest BCUT2D eigenvalue weighted by Crippen LogP contribution is 2.05. The van der Waals surface area contributed by atoms with Crippen molar-refractivity contribution in [3.63, 3.8) is 0 Å². The van der Waals surface area contributed by atoms with Crippen molar-refractivity contribution in [1.82, 2.24) is 9.88 Å². The lowest BCUT2D eigenvalue weighted by atomic mass is 10.2. The first-order valence-electron chi connectivity index (χ1n) is 6.16. The van der Waals surface area contributed by atoms with E-state index in [1.165, 1.54) is 6.20 Å². The van der Waals surface area contributed by atoms with Gasteiger partial charge in [0.05, 0.1) is 18.7 Å². The Labute approximate surface area is 113 Å². The smallest absolute Gasteiger partial charge is 0.255 e. The summed E-state index contributed by atoms with van der Waals surface area (Å²) in [6.07, 6.45) is 3.15. The molecule has 19 heavy (non-hydrogen) atoms. The first-order valence-corrected chi connectivity index (χ1v) is 6.16. The zero-order chi connectivity index (χ0) is 14.1. The van der Waals surface area contributed by atoms with Crippen LogP contribution in [0.5, 0.6) is 0 Å². The molecule has 0 unspecified atom stereocenters. The molecular weight excluding hydrogens is 242 g/mol. The van der Waals surface area contributed by atoms with Gasteiger partial charge in [0.15, 0.2) is 0 Å². The van der Waals surface area contributed by atoms with Crippen molar-refractivity contribution in [2.75, 3.05) is 33.4 Å². The van der Waals surface area contributed by atoms with Crippen molar-refractivity contribution in [3.8, 4) is 11.8 Å². The number of hydrogen-bond acceptors (Lipinski definition) is 4. The van der Waals surface area contributed by atoms with Gasteiger partial charge in [-0.2, -0.15) is 0 Å². The van der Waals surface area contributed by atoms with Crippen LogP contribution >= 0.6 is 0 Å². The molecule has 1 rings (SSSR count). The summed E-state index contributed by atoms with van der Waals surface area (Å²) in [5.74, 6) is 5.50. The minimum absolute atomic E-state index is 0.0939. The molecule has 0 aliphatic rings. The number of pyridine rings is 1. The van der Waals surface area contributed by atoms with Gasteiger partial charge >= 0.3 is 0 Å². The van der Waals surface area contributed by atoms with Crippen LogP contribution < -0.4 is 5.73 Å². The van der Waals surface area contributed by atoms with E-state index in [0.717, 1.165) is 0 Å². The first-order chi connectivity index (χ1) is 9.19. The van der Waals surface area contributed by atoms with E-state index in [2.05, 4.69) is 16.8 Å². The average Bonchev–Trinajstić information content (AvgIpc) is 2.44. The molecule has 0 bridgehead atoms. The summed E-state index contributed by atoms with van der Waals surface area (Å²) in [5.41, 5.74) is 6.51. The van der Waals surface area contributed by atoms with Gasteiger partial charge in [-0.3, -0.25) is 9.78 Å². The van der Waals surface area contributed by atoms with Crippen LogP contribution in [0.25, 0.3) is 0 Å². The van der Waals surface area contributed by atoms with E-state index in [1.54, 1.807) is 24.2 Å². The maximum absolute atomic E-state index is 12.1. The highest BCUT2D eigenvalue weighted by Gasteiger charge is 2.11. The van der Waals surface area contributed by atoms with Crippen LogP contribution in [0.2, 0.25) is 0 Å². The number of hydrogen-bond donors (Lipinski definition) is 1. The summed E-state index contributed by atoms with van der Waals surface area (Å²) in [6, 6.07) is 1.72. The number of ether oxygens (including phenoxy) is 1. The SMILES string of the molecule is CCOCCN(C)C(=O)c1cncc(C#CCN)c1. The molecule has 5 heteroatoms. The molecule has 0 radical (unpaired) electrons. The topological polar surface area (TPSA) is 68.5 Å². The van der Waals surface area contributed by atoms with Crippen LogP contribution in [-0.2, 0) is 4.74 Å². The molecule has 1 amide bonds. The Hall–Kier alpha value is -1.90. The molecule has 2 N–H and O–H groups in total. The Balaban J connectivity index is 2.70. The fraction of sp³-hybridized carbons (Fsp3) is 0.429. The fourth-order valence-electron chi connectivity index (χ4n) is 1.45.